The largest absolute Gasteiger partial charge is 0.459 e. The van der Waals surface area contributed by atoms with Crippen LogP contribution in [0.2, 0.25) is 0 Å². The minimum atomic E-state index is -0.911. The number of anilines is 1. The molecule has 1 aliphatic rings. The van der Waals surface area contributed by atoms with Crippen molar-refractivity contribution in [3.63, 3.8) is 0 Å². The monoisotopic (exact) mass is 600 g/mol. The minimum Gasteiger partial charge on any atom is -0.459 e. The van der Waals surface area contributed by atoms with Crippen LogP contribution in [0.25, 0.3) is 0 Å². The van der Waals surface area contributed by atoms with E-state index in [1.54, 1.807) is 26.8 Å². The highest BCUT2D eigenvalue weighted by molar-refractivity contribution is 6.03. The molecule has 0 saturated heterocycles. The smallest absolute Gasteiger partial charge is 0.413 e. The molecule has 2 amide bonds. The SMILES string of the molecule is CC(C)(C)C(=O)OCOC(=O)N(CCCc1ccccc1)[C@H]1CCc2ccccc2N(CC(=O)OCc2ccccc2)C1=O. The number of carbonyl (C=O) groups excluding carboxylic acids is 4. The first-order valence-corrected chi connectivity index (χ1v) is 14.9. The lowest BCUT2D eigenvalue weighted by molar-refractivity contribution is -0.162. The Kier molecular flexibility index (Phi) is 11.1. The van der Waals surface area contributed by atoms with E-state index in [4.69, 9.17) is 14.2 Å². The second kappa shape index (κ2) is 15.2. The van der Waals surface area contributed by atoms with Gasteiger partial charge < -0.3 is 14.2 Å². The molecule has 1 atom stereocenters. The highest BCUT2D eigenvalue weighted by atomic mass is 16.7. The van der Waals surface area contributed by atoms with Crippen molar-refractivity contribution in [2.75, 3.05) is 24.8 Å². The number of ether oxygens (including phenoxy) is 3. The van der Waals surface area contributed by atoms with Gasteiger partial charge in [0.15, 0.2) is 0 Å². The van der Waals surface area contributed by atoms with Crippen molar-refractivity contribution in [2.45, 2.75) is 59.1 Å². The van der Waals surface area contributed by atoms with Crippen LogP contribution in [0.15, 0.2) is 84.9 Å². The van der Waals surface area contributed by atoms with Crippen LogP contribution in [-0.2, 0) is 48.0 Å². The number of rotatable bonds is 11. The lowest BCUT2D eigenvalue weighted by Gasteiger charge is -2.32. The van der Waals surface area contributed by atoms with Gasteiger partial charge in [-0.1, -0.05) is 78.9 Å². The molecule has 0 fully saturated rings. The molecule has 0 N–H and O–H groups in total. The molecule has 1 aliphatic heterocycles. The number of benzene rings is 3. The average molecular weight is 601 g/mol. The molecule has 0 aliphatic carbocycles. The Morgan fingerprint density at radius 1 is 0.841 bits per heavy atom. The fraction of sp³-hybridized carbons (Fsp3) is 0.371. The maximum atomic E-state index is 14.2. The summed E-state index contributed by atoms with van der Waals surface area (Å²) < 4.78 is 16.0. The second-order valence-corrected chi connectivity index (χ2v) is 11.7. The Balaban J connectivity index is 1.53. The normalized spacial score (nSPS) is 14.7. The number of hydrogen-bond acceptors (Lipinski definition) is 7. The zero-order valence-electron chi connectivity index (χ0n) is 25.6. The van der Waals surface area contributed by atoms with E-state index in [0.717, 1.165) is 16.7 Å². The van der Waals surface area contributed by atoms with Gasteiger partial charge in [0, 0.05) is 12.2 Å². The Labute approximate surface area is 258 Å². The molecular formula is C35H40N2O7. The number of hydrogen-bond donors (Lipinski definition) is 0. The van der Waals surface area contributed by atoms with Crippen molar-refractivity contribution in [3.8, 4) is 0 Å². The summed E-state index contributed by atoms with van der Waals surface area (Å²) in [4.78, 5) is 55.7. The quantitative estimate of drug-likeness (QED) is 0.206. The molecule has 232 valence electrons. The van der Waals surface area contributed by atoms with E-state index in [2.05, 4.69) is 0 Å². The van der Waals surface area contributed by atoms with Crippen molar-refractivity contribution in [1.82, 2.24) is 4.90 Å². The van der Waals surface area contributed by atoms with Crippen molar-refractivity contribution in [2.24, 2.45) is 5.41 Å². The Morgan fingerprint density at radius 3 is 2.16 bits per heavy atom. The van der Waals surface area contributed by atoms with Gasteiger partial charge in [-0.15, -0.1) is 0 Å². The van der Waals surface area contributed by atoms with Crippen LogP contribution in [-0.4, -0.2) is 54.8 Å². The highest BCUT2D eigenvalue weighted by Crippen LogP contribution is 2.29. The van der Waals surface area contributed by atoms with Gasteiger partial charge in [0.05, 0.1) is 5.41 Å². The van der Waals surface area contributed by atoms with Crippen LogP contribution in [0.5, 0.6) is 0 Å². The summed E-state index contributed by atoms with van der Waals surface area (Å²) in [6.45, 7) is 4.53. The molecular weight excluding hydrogens is 560 g/mol. The van der Waals surface area contributed by atoms with E-state index in [-0.39, 0.29) is 19.7 Å². The Bertz CT molecular complexity index is 1420. The third-order valence-electron chi connectivity index (χ3n) is 7.35. The number of carbonyl (C=O) groups is 4. The lowest BCUT2D eigenvalue weighted by Crippen LogP contribution is -2.52. The first-order chi connectivity index (χ1) is 21.1. The van der Waals surface area contributed by atoms with Gasteiger partial charge in [0.25, 0.3) is 0 Å². The molecule has 0 radical (unpaired) electrons. The first kappa shape index (κ1) is 32.3. The topological polar surface area (TPSA) is 102 Å². The lowest BCUT2D eigenvalue weighted by atomic mass is 9.98. The molecule has 3 aromatic rings. The molecule has 0 bridgehead atoms. The number of esters is 2. The summed E-state index contributed by atoms with van der Waals surface area (Å²) >= 11 is 0. The highest BCUT2D eigenvalue weighted by Gasteiger charge is 2.38. The van der Waals surface area contributed by atoms with Gasteiger partial charge in [0.1, 0.15) is 19.2 Å². The molecule has 4 rings (SSSR count). The van der Waals surface area contributed by atoms with E-state index in [0.29, 0.717) is 31.4 Å². The number of para-hydroxylation sites is 1. The zero-order valence-corrected chi connectivity index (χ0v) is 25.6. The van der Waals surface area contributed by atoms with Gasteiger partial charge >= 0.3 is 18.0 Å². The van der Waals surface area contributed by atoms with E-state index >= 15 is 0 Å². The summed E-state index contributed by atoms with van der Waals surface area (Å²) in [6, 6.07) is 25.6. The number of amides is 2. The fourth-order valence-electron chi connectivity index (χ4n) is 4.97. The standard InChI is InChI=1S/C35H40N2O7/c1-35(2,3)33(40)43-25-44-34(41)36(22-12-17-26-13-6-4-7-14-26)30-21-20-28-18-10-11-19-29(28)37(32(30)39)23-31(38)42-24-27-15-8-5-9-16-27/h4-11,13-16,18-19,30H,12,17,20-25H2,1-3H3/t30-/m0/s1. The van der Waals surface area contributed by atoms with Gasteiger partial charge in [-0.3, -0.25) is 24.2 Å². The zero-order chi connectivity index (χ0) is 31.5. The van der Waals surface area contributed by atoms with Gasteiger partial charge in [-0.25, -0.2) is 4.79 Å². The summed E-state index contributed by atoms with van der Waals surface area (Å²) in [6.07, 6.45) is 1.31. The summed E-state index contributed by atoms with van der Waals surface area (Å²) in [5, 5.41) is 0. The molecule has 44 heavy (non-hydrogen) atoms. The maximum Gasteiger partial charge on any atom is 0.413 e. The minimum absolute atomic E-state index is 0.0814. The molecule has 1 heterocycles. The third kappa shape index (κ3) is 8.92. The maximum absolute atomic E-state index is 14.2. The van der Waals surface area contributed by atoms with Crippen molar-refractivity contribution in [1.29, 1.82) is 0 Å². The summed E-state index contributed by atoms with van der Waals surface area (Å²) in [7, 11) is 0. The van der Waals surface area contributed by atoms with Crippen LogP contribution < -0.4 is 4.90 Å². The van der Waals surface area contributed by atoms with Crippen LogP contribution in [0.1, 0.15) is 50.3 Å². The Morgan fingerprint density at radius 2 is 1.48 bits per heavy atom. The predicted molar refractivity (Wildman–Crippen MR) is 166 cm³/mol. The predicted octanol–water partition coefficient (Wildman–Crippen LogP) is 5.70. The van der Waals surface area contributed by atoms with Gasteiger partial charge in [0.2, 0.25) is 12.7 Å². The summed E-state index contributed by atoms with van der Waals surface area (Å²) in [5.41, 5.74) is 2.66. The molecule has 3 aromatic carbocycles. The molecule has 9 nitrogen and oxygen atoms in total. The van der Waals surface area contributed by atoms with Gasteiger partial charge in [-0.05, 0) is 69.2 Å². The average Bonchev–Trinajstić information content (AvgIpc) is 3.15. The fourth-order valence-corrected chi connectivity index (χ4v) is 4.97. The number of fused-ring (bicyclic) bond motifs is 1. The molecule has 0 saturated carbocycles. The number of aryl methyl sites for hydroxylation is 2. The van der Waals surface area contributed by atoms with Crippen LogP contribution in [0.3, 0.4) is 0 Å². The van der Waals surface area contributed by atoms with Gasteiger partial charge in [-0.2, -0.15) is 0 Å². The van der Waals surface area contributed by atoms with E-state index < -0.39 is 42.2 Å². The molecule has 0 spiro atoms. The van der Waals surface area contributed by atoms with Crippen molar-refractivity contribution >= 4 is 29.6 Å². The Hall–Kier alpha value is -4.66. The van der Waals surface area contributed by atoms with E-state index in [1.807, 2.05) is 78.9 Å². The van der Waals surface area contributed by atoms with Crippen LogP contribution >= 0.6 is 0 Å². The molecule has 9 heteroatoms. The molecule has 0 aromatic heterocycles. The van der Waals surface area contributed by atoms with E-state index in [1.165, 1.54) is 9.80 Å². The van der Waals surface area contributed by atoms with Crippen molar-refractivity contribution < 1.29 is 33.4 Å². The third-order valence-corrected chi connectivity index (χ3v) is 7.35. The molecule has 0 unspecified atom stereocenters. The van der Waals surface area contributed by atoms with Crippen LogP contribution in [0.4, 0.5) is 10.5 Å². The van der Waals surface area contributed by atoms with E-state index in [9.17, 15) is 19.2 Å². The summed E-state index contributed by atoms with van der Waals surface area (Å²) in [5.74, 6) is -1.48. The number of nitrogens with zero attached hydrogens (tertiary/aromatic N) is 2. The second-order valence-electron chi connectivity index (χ2n) is 11.7. The van der Waals surface area contributed by atoms with Crippen molar-refractivity contribution in [3.05, 3.63) is 102 Å². The first-order valence-electron chi connectivity index (χ1n) is 14.9. The van der Waals surface area contributed by atoms with Crippen LogP contribution in [0, 0.1) is 5.41 Å².